The van der Waals surface area contributed by atoms with Gasteiger partial charge in [-0.15, -0.1) is 0 Å². The van der Waals surface area contributed by atoms with Crippen LogP contribution in [0.5, 0.6) is 0 Å². The Hall–Kier alpha value is -2.24. The van der Waals surface area contributed by atoms with Gasteiger partial charge in [0.1, 0.15) is 0 Å². The topological polar surface area (TPSA) is 87.0 Å². The van der Waals surface area contributed by atoms with Crippen LogP contribution in [0, 0.1) is 22.7 Å². The van der Waals surface area contributed by atoms with Gasteiger partial charge >= 0.3 is 5.97 Å². The third-order valence-corrected chi connectivity index (χ3v) is 5.09. The Bertz CT molecular complexity index is 718. The molecule has 1 fully saturated rings. The Balaban J connectivity index is 2.65. The number of esters is 1. The van der Waals surface area contributed by atoms with E-state index in [-0.39, 0.29) is 6.61 Å². The second kappa shape index (κ2) is 8.19. The van der Waals surface area contributed by atoms with Gasteiger partial charge in [-0.2, -0.15) is 5.26 Å². The third-order valence-electron chi connectivity index (χ3n) is 5.09. The molecule has 0 saturated heterocycles. The van der Waals surface area contributed by atoms with Crippen LogP contribution in [0.25, 0.3) is 6.08 Å². The minimum Gasteiger partial charge on any atom is -0.465 e. The predicted octanol–water partition coefficient (Wildman–Crippen LogP) is 2.38. The maximum atomic E-state index is 12.9. The summed E-state index contributed by atoms with van der Waals surface area (Å²) in [6, 6.07) is 11.5. The normalized spacial score (nSPS) is 25.6. The molecule has 0 N–H and O–H groups in total. The molecule has 146 valence electrons. The zero-order valence-corrected chi connectivity index (χ0v) is 16.2. The van der Waals surface area contributed by atoms with Crippen molar-refractivity contribution < 1.29 is 28.5 Å². The van der Waals surface area contributed by atoms with E-state index < -0.39 is 28.9 Å². The lowest BCUT2D eigenvalue weighted by molar-refractivity contribution is -0.492. The summed E-state index contributed by atoms with van der Waals surface area (Å²) in [7, 11) is 5.48. The maximum absolute atomic E-state index is 12.9. The number of rotatable bonds is 8. The number of nitriles is 1. The maximum Gasteiger partial charge on any atom is 0.333 e. The number of carbonyl (C=O) groups excluding carboxylic acids is 1. The Kier molecular flexibility index (Phi) is 6.39. The minimum atomic E-state index is -1.82. The van der Waals surface area contributed by atoms with Crippen LogP contribution in [0.15, 0.2) is 36.4 Å². The molecule has 1 aliphatic rings. The summed E-state index contributed by atoms with van der Waals surface area (Å²) in [6.45, 7) is 1.77. The molecule has 0 unspecified atom stereocenters. The molecule has 0 spiro atoms. The van der Waals surface area contributed by atoms with Crippen LogP contribution in [-0.4, -0.2) is 52.6 Å². The SMILES string of the molecule is CCOC(=O)[C@@]1(C#N)[C@H](/C=C/c2ccccc2)C(OC)(OC)C1(OC)OC. The van der Waals surface area contributed by atoms with Gasteiger partial charge in [0, 0.05) is 28.4 Å². The van der Waals surface area contributed by atoms with Crippen LogP contribution in [-0.2, 0) is 28.5 Å². The highest BCUT2D eigenvalue weighted by molar-refractivity contribution is 5.85. The van der Waals surface area contributed by atoms with Gasteiger partial charge in [-0.05, 0) is 12.5 Å². The van der Waals surface area contributed by atoms with Gasteiger partial charge in [0.2, 0.25) is 11.2 Å². The highest BCUT2D eigenvalue weighted by atomic mass is 16.8. The Morgan fingerprint density at radius 1 is 1.11 bits per heavy atom. The molecule has 0 heterocycles. The lowest BCUT2D eigenvalue weighted by Gasteiger charge is -2.65. The van der Waals surface area contributed by atoms with Crippen LogP contribution in [0.2, 0.25) is 0 Å². The first-order valence-electron chi connectivity index (χ1n) is 8.52. The van der Waals surface area contributed by atoms with Crippen molar-refractivity contribution in [1.82, 2.24) is 0 Å². The van der Waals surface area contributed by atoms with E-state index in [1.165, 1.54) is 28.4 Å². The molecule has 0 amide bonds. The monoisotopic (exact) mass is 375 g/mol. The minimum absolute atomic E-state index is 0.105. The molecule has 0 aromatic heterocycles. The molecule has 0 radical (unpaired) electrons. The predicted molar refractivity (Wildman–Crippen MR) is 97.1 cm³/mol. The molecule has 1 aromatic rings. The van der Waals surface area contributed by atoms with Crippen molar-refractivity contribution in [2.24, 2.45) is 11.3 Å². The second-order valence-electron chi connectivity index (χ2n) is 5.99. The van der Waals surface area contributed by atoms with Crippen LogP contribution < -0.4 is 0 Å². The molecule has 27 heavy (non-hydrogen) atoms. The van der Waals surface area contributed by atoms with E-state index in [2.05, 4.69) is 6.07 Å². The van der Waals surface area contributed by atoms with Crippen molar-refractivity contribution in [3.63, 3.8) is 0 Å². The molecular weight excluding hydrogens is 350 g/mol. The highest BCUT2D eigenvalue weighted by Gasteiger charge is 2.88. The molecule has 7 heteroatoms. The zero-order chi connectivity index (χ0) is 20.1. The largest absolute Gasteiger partial charge is 0.465 e. The standard InChI is InChI=1S/C20H25NO6/c1-6-27-17(22)18(14-21)16(13-12-15-10-8-7-9-11-15)19(23-2,24-3)20(18,25-4)26-5/h7-13,16H,6H2,1-5H3/b13-12+/t16-,18+/m0/s1. The van der Waals surface area contributed by atoms with Crippen LogP contribution in [0.4, 0.5) is 0 Å². The van der Waals surface area contributed by atoms with Crippen molar-refractivity contribution in [3.8, 4) is 6.07 Å². The Morgan fingerprint density at radius 3 is 2.15 bits per heavy atom. The van der Waals surface area contributed by atoms with E-state index in [0.717, 1.165) is 5.56 Å². The Morgan fingerprint density at radius 2 is 1.70 bits per heavy atom. The number of benzene rings is 1. The number of hydrogen-bond acceptors (Lipinski definition) is 7. The summed E-state index contributed by atoms with van der Waals surface area (Å²) in [4.78, 5) is 12.9. The summed E-state index contributed by atoms with van der Waals surface area (Å²) in [5, 5.41) is 10.1. The molecular formula is C20H25NO6. The van der Waals surface area contributed by atoms with Crippen LogP contribution in [0.3, 0.4) is 0 Å². The molecule has 2 rings (SSSR count). The van der Waals surface area contributed by atoms with Crippen LogP contribution in [0.1, 0.15) is 12.5 Å². The van der Waals surface area contributed by atoms with Gasteiger partial charge in [-0.25, -0.2) is 0 Å². The molecule has 1 saturated carbocycles. The second-order valence-corrected chi connectivity index (χ2v) is 5.99. The van der Waals surface area contributed by atoms with Crippen molar-refractivity contribution >= 4 is 12.0 Å². The van der Waals surface area contributed by atoms with Gasteiger partial charge in [0.15, 0.2) is 0 Å². The first-order chi connectivity index (χ1) is 13.0. The molecule has 0 bridgehead atoms. The van der Waals surface area contributed by atoms with E-state index in [9.17, 15) is 10.1 Å². The fourth-order valence-electron chi connectivity index (χ4n) is 3.92. The zero-order valence-electron chi connectivity index (χ0n) is 16.2. The van der Waals surface area contributed by atoms with Crippen molar-refractivity contribution in [2.75, 3.05) is 35.0 Å². The summed E-state index contributed by atoms with van der Waals surface area (Å²) >= 11 is 0. The molecule has 1 aromatic carbocycles. The van der Waals surface area contributed by atoms with E-state index in [1.807, 2.05) is 30.3 Å². The average Bonchev–Trinajstić information content (AvgIpc) is 2.70. The lowest BCUT2D eigenvalue weighted by Crippen LogP contribution is -2.85. The Labute approximate surface area is 159 Å². The average molecular weight is 375 g/mol. The lowest BCUT2D eigenvalue weighted by atomic mass is 9.50. The number of nitrogens with zero attached hydrogens (tertiary/aromatic N) is 1. The van der Waals surface area contributed by atoms with E-state index in [0.29, 0.717) is 0 Å². The summed E-state index contributed by atoms with van der Waals surface area (Å²) in [5.74, 6) is -4.94. The number of methoxy groups -OCH3 is 4. The van der Waals surface area contributed by atoms with Gasteiger partial charge in [-0.1, -0.05) is 42.5 Å². The smallest absolute Gasteiger partial charge is 0.333 e. The van der Waals surface area contributed by atoms with E-state index in [1.54, 1.807) is 19.1 Å². The van der Waals surface area contributed by atoms with E-state index in [4.69, 9.17) is 23.7 Å². The summed E-state index contributed by atoms with van der Waals surface area (Å²) < 4.78 is 27.5. The summed E-state index contributed by atoms with van der Waals surface area (Å²) in [5.41, 5.74) is -0.925. The van der Waals surface area contributed by atoms with Gasteiger partial charge in [0.05, 0.1) is 18.6 Å². The van der Waals surface area contributed by atoms with Gasteiger partial charge in [0.25, 0.3) is 5.79 Å². The van der Waals surface area contributed by atoms with Gasteiger partial charge in [-0.3, -0.25) is 4.79 Å². The van der Waals surface area contributed by atoms with Crippen molar-refractivity contribution in [2.45, 2.75) is 18.5 Å². The molecule has 0 aliphatic heterocycles. The first-order valence-corrected chi connectivity index (χ1v) is 8.52. The number of hydrogen-bond donors (Lipinski definition) is 0. The van der Waals surface area contributed by atoms with Gasteiger partial charge < -0.3 is 23.7 Å². The van der Waals surface area contributed by atoms with Crippen molar-refractivity contribution in [1.29, 1.82) is 5.26 Å². The van der Waals surface area contributed by atoms with Crippen LogP contribution >= 0.6 is 0 Å². The first kappa shape index (κ1) is 21.1. The molecule has 1 aliphatic carbocycles. The fourth-order valence-corrected chi connectivity index (χ4v) is 3.92. The summed E-state index contributed by atoms with van der Waals surface area (Å²) in [6.07, 6.45) is 3.48. The molecule has 7 nitrogen and oxygen atoms in total. The third kappa shape index (κ3) is 2.68. The molecule has 2 atom stereocenters. The van der Waals surface area contributed by atoms with Crippen molar-refractivity contribution in [3.05, 3.63) is 42.0 Å². The quantitative estimate of drug-likeness (QED) is 0.509. The number of carbonyl (C=O) groups is 1. The highest BCUT2D eigenvalue weighted by Crippen LogP contribution is 2.66. The fraction of sp³-hybridized carbons (Fsp3) is 0.500. The number of ether oxygens (including phenoxy) is 5. The van der Waals surface area contributed by atoms with E-state index >= 15 is 0 Å².